The van der Waals surface area contributed by atoms with Crippen LogP contribution in [0.3, 0.4) is 0 Å². The van der Waals surface area contributed by atoms with Crippen LogP contribution in [0.5, 0.6) is 0 Å². The van der Waals surface area contributed by atoms with Crippen LogP contribution in [-0.2, 0) is 24.3 Å². The van der Waals surface area contributed by atoms with Crippen molar-refractivity contribution in [2.45, 2.75) is 33.4 Å². The molecule has 1 aliphatic rings. The number of benzene rings is 1. The Bertz CT molecular complexity index is 965. The van der Waals surface area contributed by atoms with Gasteiger partial charge in [-0.15, -0.1) is 11.3 Å². The number of morpholine rings is 1. The van der Waals surface area contributed by atoms with Crippen molar-refractivity contribution in [1.82, 2.24) is 14.9 Å². The summed E-state index contributed by atoms with van der Waals surface area (Å²) in [5.74, 6) is 1.81. The van der Waals surface area contributed by atoms with Crippen molar-refractivity contribution in [3.8, 4) is 0 Å². The molecule has 1 saturated heterocycles. The molecule has 2 N–H and O–H groups in total. The quantitative estimate of drug-likeness (QED) is 0.621. The van der Waals surface area contributed by atoms with Crippen LogP contribution in [-0.4, -0.2) is 52.8 Å². The number of hydrogen-bond donors (Lipinski definition) is 2. The minimum Gasteiger partial charge on any atom is -0.392 e. The molecule has 0 amide bonds. The van der Waals surface area contributed by atoms with E-state index in [1.807, 2.05) is 12.1 Å². The number of anilines is 1. The van der Waals surface area contributed by atoms with Gasteiger partial charge < -0.3 is 15.2 Å². The number of aliphatic hydroxyl groups is 1. The lowest BCUT2D eigenvalue weighted by atomic mass is 10.1. The van der Waals surface area contributed by atoms with Crippen LogP contribution < -0.4 is 5.32 Å². The molecule has 0 atom stereocenters. The van der Waals surface area contributed by atoms with Crippen LogP contribution in [0, 0.1) is 13.8 Å². The zero-order chi connectivity index (χ0) is 20.2. The Morgan fingerprint density at radius 3 is 2.55 bits per heavy atom. The topological polar surface area (TPSA) is 70.5 Å². The zero-order valence-corrected chi connectivity index (χ0v) is 17.9. The molecule has 1 aromatic carbocycles. The van der Waals surface area contributed by atoms with Crippen molar-refractivity contribution in [1.29, 1.82) is 0 Å². The van der Waals surface area contributed by atoms with Gasteiger partial charge in [-0.25, -0.2) is 9.97 Å². The van der Waals surface area contributed by atoms with Crippen LogP contribution in [0.1, 0.15) is 27.4 Å². The first-order chi connectivity index (χ1) is 14.1. The molecule has 2 aromatic heterocycles. The highest BCUT2D eigenvalue weighted by Gasteiger charge is 2.17. The summed E-state index contributed by atoms with van der Waals surface area (Å²) in [4.78, 5) is 14.5. The summed E-state index contributed by atoms with van der Waals surface area (Å²) < 4.78 is 5.45. The van der Waals surface area contributed by atoms with Gasteiger partial charge in [0.2, 0.25) is 0 Å². The average Bonchev–Trinajstić information content (AvgIpc) is 3.03. The van der Waals surface area contributed by atoms with Crippen LogP contribution in [0.2, 0.25) is 0 Å². The molecule has 154 valence electrons. The average molecular weight is 413 g/mol. The van der Waals surface area contributed by atoms with E-state index in [0.29, 0.717) is 0 Å². The number of rotatable bonds is 7. The predicted octanol–water partition coefficient (Wildman–Crippen LogP) is 3.29. The lowest BCUT2D eigenvalue weighted by Crippen LogP contribution is -2.36. The first kappa shape index (κ1) is 20.2. The highest BCUT2D eigenvalue weighted by Crippen LogP contribution is 2.33. The maximum absolute atomic E-state index is 9.19. The Kier molecular flexibility index (Phi) is 6.40. The third kappa shape index (κ3) is 4.75. The largest absolute Gasteiger partial charge is 0.392 e. The number of ether oxygens (including phenoxy) is 1. The molecule has 6 nitrogen and oxygen atoms in total. The molecular formula is C22H28N4O2S. The summed E-state index contributed by atoms with van der Waals surface area (Å²) in [5.41, 5.74) is 3.45. The summed E-state index contributed by atoms with van der Waals surface area (Å²) in [6.07, 6.45) is 0.901. The molecule has 0 saturated carbocycles. The van der Waals surface area contributed by atoms with E-state index in [1.165, 1.54) is 16.0 Å². The minimum atomic E-state index is 0.0835. The summed E-state index contributed by atoms with van der Waals surface area (Å²) in [7, 11) is 0. The second-order valence-corrected chi connectivity index (χ2v) is 8.69. The third-order valence-corrected chi connectivity index (χ3v) is 6.56. The number of nitrogens with one attached hydrogen (secondary N) is 1. The summed E-state index contributed by atoms with van der Waals surface area (Å²) in [5, 5.41) is 13.9. The maximum atomic E-state index is 9.19. The highest BCUT2D eigenvalue weighted by molar-refractivity contribution is 7.18. The second kappa shape index (κ2) is 9.17. The van der Waals surface area contributed by atoms with Gasteiger partial charge in [-0.05, 0) is 37.0 Å². The Balaban J connectivity index is 1.52. The Hall–Kier alpha value is -2.06. The Morgan fingerprint density at radius 2 is 1.83 bits per heavy atom. The third-order valence-electron chi connectivity index (χ3n) is 5.46. The summed E-state index contributed by atoms with van der Waals surface area (Å²) in [6.45, 7) is 9.35. The van der Waals surface area contributed by atoms with E-state index in [2.05, 4.69) is 36.2 Å². The number of aromatic nitrogens is 2. The molecule has 3 heterocycles. The van der Waals surface area contributed by atoms with Crippen molar-refractivity contribution in [3.05, 3.63) is 51.7 Å². The first-order valence-electron chi connectivity index (χ1n) is 10.1. The van der Waals surface area contributed by atoms with E-state index in [4.69, 9.17) is 14.7 Å². The molecule has 0 spiro atoms. The van der Waals surface area contributed by atoms with E-state index in [1.54, 1.807) is 11.3 Å². The molecule has 0 bridgehead atoms. The van der Waals surface area contributed by atoms with E-state index >= 15 is 0 Å². The lowest BCUT2D eigenvalue weighted by Gasteiger charge is -2.25. The van der Waals surface area contributed by atoms with Gasteiger partial charge in [0.15, 0.2) is 0 Å². The number of aliphatic hydroxyl groups excluding tert-OH is 1. The normalized spacial score (nSPS) is 15.1. The fourth-order valence-corrected chi connectivity index (χ4v) is 4.64. The van der Waals surface area contributed by atoms with E-state index < -0.39 is 0 Å². The van der Waals surface area contributed by atoms with Crippen LogP contribution >= 0.6 is 11.3 Å². The van der Waals surface area contributed by atoms with Crippen molar-refractivity contribution < 1.29 is 9.84 Å². The molecule has 3 aromatic rings. The molecule has 29 heavy (non-hydrogen) atoms. The van der Waals surface area contributed by atoms with Gasteiger partial charge in [-0.3, -0.25) is 4.90 Å². The fraction of sp³-hybridized carbons (Fsp3) is 0.455. The first-order valence-corrected chi connectivity index (χ1v) is 10.9. The van der Waals surface area contributed by atoms with Crippen LogP contribution in [0.25, 0.3) is 10.2 Å². The van der Waals surface area contributed by atoms with Crippen LogP contribution in [0.4, 0.5) is 5.82 Å². The zero-order valence-electron chi connectivity index (χ0n) is 17.1. The standard InChI is InChI=1S/C22H28N4O2S/c1-15-16(2)29-22-20(15)21(23-8-7-17-3-5-18(14-27)6-4-17)24-19(25-22)13-26-9-11-28-12-10-26/h3-6,27H,7-14H2,1-2H3,(H,23,24,25). The number of hydrogen-bond acceptors (Lipinski definition) is 7. The van der Waals surface area contributed by atoms with E-state index in [0.717, 1.165) is 73.2 Å². The fourth-order valence-electron chi connectivity index (χ4n) is 3.59. The van der Waals surface area contributed by atoms with Crippen LogP contribution in [0.15, 0.2) is 24.3 Å². The molecule has 7 heteroatoms. The number of thiophene rings is 1. The van der Waals surface area contributed by atoms with Crippen molar-refractivity contribution in [2.75, 3.05) is 38.2 Å². The molecular weight excluding hydrogens is 384 g/mol. The monoisotopic (exact) mass is 412 g/mol. The Morgan fingerprint density at radius 1 is 1.10 bits per heavy atom. The number of fused-ring (bicyclic) bond motifs is 1. The molecule has 1 fully saturated rings. The van der Waals surface area contributed by atoms with Gasteiger partial charge in [-0.2, -0.15) is 0 Å². The molecule has 0 aliphatic carbocycles. The molecule has 0 radical (unpaired) electrons. The van der Waals surface area contributed by atoms with Gasteiger partial charge in [0.05, 0.1) is 31.8 Å². The Labute approximate surface area is 175 Å². The maximum Gasteiger partial charge on any atom is 0.146 e. The van der Waals surface area contributed by atoms with Gasteiger partial charge in [0.1, 0.15) is 16.5 Å². The smallest absolute Gasteiger partial charge is 0.146 e. The highest BCUT2D eigenvalue weighted by atomic mass is 32.1. The lowest BCUT2D eigenvalue weighted by molar-refractivity contribution is 0.0331. The molecule has 1 aliphatic heterocycles. The molecule has 4 rings (SSSR count). The van der Waals surface area contributed by atoms with E-state index in [-0.39, 0.29) is 6.61 Å². The van der Waals surface area contributed by atoms with Gasteiger partial charge in [0.25, 0.3) is 0 Å². The number of aryl methyl sites for hydroxylation is 2. The second-order valence-electron chi connectivity index (χ2n) is 7.49. The van der Waals surface area contributed by atoms with Crippen molar-refractivity contribution >= 4 is 27.4 Å². The minimum absolute atomic E-state index is 0.0835. The SMILES string of the molecule is Cc1sc2nc(CN3CCOCC3)nc(NCCc3ccc(CO)cc3)c2c1C. The summed E-state index contributed by atoms with van der Waals surface area (Å²) in [6, 6.07) is 8.11. The van der Waals surface area contributed by atoms with E-state index in [9.17, 15) is 5.11 Å². The van der Waals surface area contributed by atoms with Gasteiger partial charge >= 0.3 is 0 Å². The van der Waals surface area contributed by atoms with Crippen molar-refractivity contribution in [3.63, 3.8) is 0 Å². The summed E-state index contributed by atoms with van der Waals surface area (Å²) >= 11 is 1.75. The number of nitrogens with zero attached hydrogens (tertiary/aromatic N) is 3. The van der Waals surface area contributed by atoms with Crippen molar-refractivity contribution in [2.24, 2.45) is 0 Å². The predicted molar refractivity (Wildman–Crippen MR) is 118 cm³/mol. The van der Waals surface area contributed by atoms with Gasteiger partial charge in [-0.1, -0.05) is 24.3 Å². The molecule has 0 unspecified atom stereocenters. The van der Waals surface area contributed by atoms with Gasteiger partial charge in [0, 0.05) is 24.5 Å².